The third-order valence-corrected chi connectivity index (χ3v) is 6.77. The van der Waals surface area contributed by atoms with E-state index in [1.807, 2.05) is 43.3 Å². The molecule has 0 saturated carbocycles. The predicted octanol–water partition coefficient (Wildman–Crippen LogP) is 6.64. The van der Waals surface area contributed by atoms with Gasteiger partial charge in [0.15, 0.2) is 0 Å². The number of nitro groups is 1. The van der Waals surface area contributed by atoms with Crippen LogP contribution in [0.2, 0.25) is 5.02 Å². The van der Waals surface area contributed by atoms with Crippen LogP contribution in [0.15, 0.2) is 72.8 Å². The van der Waals surface area contributed by atoms with Crippen molar-refractivity contribution in [1.82, 2.24) is 0 Å². The van der Waals surface area contributed by atoms with Crippen LogP contribution >= 0.6 is 11.6 Å². The number of amides is 1. The maximum absolute atomic E-state index is 12.8. The molecule has 0 aromatic heterocycles. The number of anilines is 2. The average Bonchev–Trinajstić information content (AvgIpc) is 3.29. The van der Waals surface area contributed by atoms with Gasteiger partial charge in [-0.25, -0.2) is 0 Å². The molecule has 5 rings (SSSR count). The lowest BCUT2D eigenvalue weighted by atomic mass is 9.77. The molecule has 166 valence electrons. The summed E-state index contributed by atoms with van der Waals surface area (Å²) in [5, 5.41) is 18.0. The first-order valence-electron chi connectivity index (χ1n) is 10.8. The maximum Gasteiger partial charge on any atom is 0.269 e. The number of hydrogen-bond donors (Lipinski definition) is 2. The number of rotatable bonds is 4. The molecule has 3 aromatic rings. The number of aryl methyl sites for hydroxylation is 1. The number of nitrogens with zero attached hydrogens (tertiary/aromatic N) is 1. The Kier molecular flexibility index (Phi) is 5.38. The molecule has 1 amide bonds. The highest BCUT2D eigenvalue weighted by Gasteiger charge is 2.38. The summed E-state index contributed by atoms with van der Waals surface area (Å²) < 4.78 is 0. The Labute approximate surface area is 196 Å². The fourth-order valence-corrected chi connectivity index (χ4v) is 5.13. The smallest absolute Gasteiger partial charge is 0.269 e. The summed E-state index contributed by atoms with van der Waals surface area (Å²) in [7, 11) is 0. The Morgan fingerprint density at radius 2 is 1.91 bits per heavy atom. The topological polar surface area (TPSA) is 84.3 Å². The number of hydrogen-bond acceptors (Lipinski definition) is 4. The lowest BCUT2D eigenvalue weighted by Gasteiger charge is -2.37. The van der Waals surface area contributed by atoms with Crippen molar-refractivity contribution in [1.29, 1.82) is 0 Å². The van der Waals surface area contributed by atoms with Crippen LogP contribution in [0.5, 0.6) is 0 Å². The highest BCUT2D eigenvalue weighted by atomic mass is 35.5. The molecule has 0 saturated heterocycles. The monoisotopic (exact) mass is 459 g/mol. The second-order valence-corrected chi connectivity index (χ2v) is 8.97. The van der Waals surface area contributed by atoms with E-state index in [0.717, 1.165) is 28.8 Å². The number of non-ortho nitro benzene ring substituents is 1. The minimum absolute atomic E-state index is 0.0464. The van der Waals surface area contributed by atoms with Crippen molar-refractivity contribution >= 4 is 34.6 Å². The van der Waals surface area contributed by atoms with E-state index in [-0.39, 0.29) is 34.4 Å². The molecule has 0 spiro atoms. The van der Waals surface area contributed by atoms with Crippen molar-refractivity contribution in [2.45, 2.75) is 25.3 Å². The number of nitrogens with one attached hydrogen (secondary N) is 2. The summed E-state index contributed by atoms with van der Waals surface area (Å²) in [5.41, 5.74) is 5.39. The Morgan fingerprint density at radius 3 is 2.64 bits per heavy atom. The van der Waals surface area contributed by atoms with Gasteiger partial charge >= 0.3 is 0 Å². The van der Waals surface area contributed by atoms with Gasteiger partial charge in [0, 0.05) is 29.4 Å². The number of carbonyl (C=O) groups is 1. The summed E-state index contributed by atoms with van der Waals surface area (Å²) in [6.07, 6.45) is 5.31. The average molecular weight is 460 g/mol. The van der Waals surface area contributed by atoms with E-state index in [0.29, 0.717) is 16.3 Å². The predicted molar refractivity (Wildman–Crippen MR) is 130 cm³/mol. The van der Waals surface area contributed by atoms with Gasteiger partial charge in [-0.2, -0.15) is 0 Å². The van der Waals surface area contributed by atoms with E-state index >= 15 is 0 Å². The van der Waals surface area contributed by atoms with E-state index in [9.17, 15) is 14.9 Å². The molecule has 1 aliphatic carbocycles. The second-order valence-electron chi connectivity index (χ2n) is 8.56. The van der Waals surface area contributed by atoms with Gasteiger partial charge in [0.1, 0.15) is 0 Å². The van der Waals surface area contributed by atoms with Crippen LogP contribution in [0.1, 0.15) is 45.4 Å². The van der Waals surface area contributed by atoms with Crippen LogP contribution in [0.3, 0.4) is 0 Å². The van der Waals surface area contributed by atoms with Crippen LogP contribution in [-0.2, 0) is 0 Å². The fourth-order valence-electron chi connectivity index (χ4n) is 4.81. The third-order valence-electron chi connectivity index (χ3n) is 6.45. The summed E-state index contributed by atoms with van der Waals surface area (Å²) >= 11 is 6.26. The zero-order valence-corrected chi connectivity index (χ0v) is 18.7. The number of allylic oxidation sites excluding steroid dienone is 2. The minimum Gasteiger partial charge on any atom is -0.378 e. The van der Waals surface area contributed by atoms with E-state index in [2.05, 4.69) is 22.8 Å². The molecule has 0 fully saturated rings. The summed E-state index contributed by atoms with van der Waals surface area (Å²) in [6.45, 7) is 1.93. The molecule has 33 heavy (non-hydrogen) atoms. The van der Waals surface area contributed by atoms with Gasteiger partial charge in [-0.1, -0.05) is 42.0 Å². The Hall–Kier alpha value is -3.64. The van der Waals surface area contributed by atoms with Crippen molar-refractivity contribution in [3.05, 3.63) is 110 Å². The molecular formula is C26H22ClN3O3. The van der Waals surface area contributed by atoms with Crippen molar-refractivity contribution in [2.24, 2.45) is 5.92 Å². The van der Waals surface area contributed by atoms with Crippen LogP contribution in [0.4, 0.5) is 17.1 Å². The zero-order valence-electron chi connectivity index (χ0n) is 17.9. The van der Waals surface area contributed by atoms with Crippen LogP contribution < -0.4 is 10.6 Å². The largest absolute Gasteiger partial charge is 0.378 e. The standard InChI is InChI=1S/C26H22ClN3O3/c1-15-5-11-21(23(27)13-15)26(31)28-17-8-12-24-22(14-17)19-3-2-4-20(19)25(29-24)16-6-9-18(10-7-16)30(32)33/h2-3,5-14,19-20,25,29H,4H2,1H3,(H,28,31). The number of fused-ring (bicyclic) bond motifs is 3. The lowest BCUT2D eigenvalue weighted by molar-refractivity contribution is -0.384. The Morgan fingerprint density at radius 1 is 1.12 bits per heavy atom. The number of nitro benzene ring substituents is 1. The zero-order chi connectivity index (χ0) is 23.1. The first-order valence-corrected chi connectivity index (χ1v) is 11.2. The molecule has 6 nitrogen and oxygen atoms in total. The van der Waals surface area contributed by atoms with Crippen molar-refractivity contribution in [3.63, 3.8) is 0 Å². The molecule has 0 bridgehead atoms. The normalized spacial score (nSPS) is 20.5. The van der Waals surface area contributed by atoms with Crippen LogP contribution in [0, 0.1) is 23.0 Å². The summed E-state index contributed by atoms with van der Waals surface area (Å²) in [4.78, 5) is 23.4. The second kappa shape index (κ2) is 8.37. The molecule has 3 atom stereocenters. The van der Waals surface area contributed by atoms with Gasteiger partial charge in [0.2, 0.25) is 0 Å². The van der Waals surface area contributed by atoms with Crippen LogP contribution in [-0.4, -0.2) is 10.8 Å². The van der Waals surface area contributed by atoms with Gasteiger partial charge in [0.25, 0.3) is 11.6 Å². The van der Waals surface area contributed by atoms with Crippen LogP contribution in [0.25, 0.3) is 0 Å². The van der Waals surface area contributed by atoms with Gasteiger partial charge in [-0.15, -0.1) is 0 Å². The molecule has 2 aliphatic rings. The molecule has 0 radical (unpaired) electrons. The van der Waals surface area contributed by atoms with E-state index in [1.165, 1.54) is 0 Å². The van der Waals surface area contributed by atoms with Gasteiger partial charge in [-0.05, 0) is 66.3 Å². The summed E-state index contributed by atoms with van der Waals surface area (Å²) in [6, 6.07) is 18.1. The lowest BCUT2D eigenvalue weighted by Crippen LogP contribution is -2.29. The number of halogens is 1. The van der Waals surface area contributed by atoms with Gasteiger partial charge < -0.3 is 10.6 Å². The van der Waals surface area contributed by atoms with Gasteiger partial charge in [0.05, 0.1) is 21.6 Å². The molecule has 1 aliphatic heterocycles. The minimum atomic E-state index is -0.382. The van der Waals surface area contributed by atoms with Crippen molar-refractivity contribution < 1.29 is 9.72 Å². The van der Waals surface area contributed by atoms with E-state index in [1.54, 1.807) is 24.3 Å². The molecule has 2 N–H and O–H groups in total. The highest BCUT2D eigenvalue weighted by molar-refractivity contribution is 6.34. The first-order chi connectivity index (χ1) is 15.9. The number of carbonyl (C=O) groups excluding carboxylic acids is 1. The molecule has 7 heteroatoms. The number of benzene rings is 3. The highest BCUT2D eigenvalue weighted by Crippen LogP contribution is 2.50. The fraction of sp³-hybridized carbons (Fsp3) is 0.192. The van der Waals surface area contributed by atoms with Crippen molar-refractivity contribution in [3.8, 4) is 0 Å². The van der Waals surface area contributed by atoms with Crippen molar-refractivity contribution in [2.75, 3.05) is 10.6 Å². The SMILES string of the molecule is Cc1ccc(C(=O)Nc2ccc3c(c2)C2C=CCC2C(c2ccc([N+](=O)[O-])cc2)N3)c(Cl)c1. The van der Waals surface area contributed by atoms with E-state index in [4.69, 9.17) is 11.6 Å². The Bertz CT molecular complexity index is 1290. The molecular weight excluding hydrogens is 438 g/mol. The Balaban J connectivity index is 1.41. The molecule has 1 heterocycles. The third kappa shape index (κ3) is 3.98. The first kappa shape index (κ1) is 21.2. The summed E-state index contributed by atoms with van der Waals surface area (Å²) in [5.74, 6) is 0.240. The maximum atomic E-state index is 12.8. The molecule has 3 unspecified atom stereocenters. The quantitative estimate of drug-likeness (QED) is 0.260. The van der Waals surface area contributed by atoms with Gasteiger partial charge in [-0.3, -0.25) is 14.9 Å². The van der Waals surface area contributed by atoms with E-state index < -0.39 is 0 Å². The molecule has 3 aromatic carbocycles.